The van der Waals surface area contributed by atoms with Crippen molar-refractivity contribution in [3.63, 3.8) is 0 Å². The summed E-state index contributed by atoms with van der Waals surface area (Å²) in [6, 6.07) is 3.07. The molecule has 1 fully saturated rings. The molecule has 0 bridgehead atoms. The van der Waals surface area contributed by atoms with Crippen molar-refractivity contribution in [2.24, 2.45) is 0 Å². The highest BCUT2D eigenvalue weighted by Crippen LogP contribution is 2.34. The molecule has 20 heavy (non-hydrogen) atoms. The van der Waals surface area contributed by atoms with Crippen molar-refractivity contribution in [3.05, 3.63) is 21.9 Å². The van der Waals surface area contributed by atoms with E-state index in [2.05, 4.69) is 6.92 Å². The van der Waals surface area contributed by atoms with Gasteiger partial charge in [0.05, 0.1) is 10.3 Å². The summed E-state index contributed by atoms with van der Waals surface area (Å²) in [6.45, 7) is 4.10. The zero-order valence-electron chi connectivity index (χ0n) is 11.7. The Kier molecular flexibility index (Phi) is 5.10. The zero-order chi connectivity index (χ0) is 14.7. The lowest BCUT2D eigenvalue weighted by molar-refractivity contribution is -0.141. The Labute approximate surface area is 127 Å². The maximum Gasteiger partial charge on any atom is 0.327 e. The van der Waals surface area contributed by atoms with E-state index in [1.54, 1.807) is 16.7 Å². The second-order valence-electron chi connectivity index (χ2n) is 4.76. The molecule has 0 aromatic carbocycles. The van der Waals surface area contributed by atoms with Crippen LogP contribution in [0.5, 0.6) is 0 Å². The van der Waals surface area contributed by atoms with Gasteiger partial charge in [0.15, 0.2) is 0 Å². The normalized spacial score (nSPS) is 22.2. The van der Waals surface area contributed by atoms with Crippen LogP contribution < -0.4 is 0 Å². The van der Waals surface area contributed by atoms with Crippen LogP contribution in [0.2, 0.25) is 0 Å². The van der Waals surface area contributed by atoms with Crippen LogP contribution in [0, 0.1) is 0 Å². The number of carbonyl (C=O) groups excluding carboxylic acids is 1. The first kappa shape index (κ1) is 15.4. The number of aliphatic carboxylic acids is 1. The number of hydrogen-bond acceptors (Lipinski definition) is 4. The number of rotatable bonds is 5. The van der Waals surface area contributed by atoms with Crippen molar-refractivity contribution in [3.8, 4) is 0 Å². The van der Waals surface area contributed by atoms with Crippen LogP contribution >= 0.6 is 23.1 Å². The Morgan fingerprint density at radius 1 is 1.40 bits per heavy atom. The van der Waals surface area contributed by atoms with Gasteiger partial charge < -0.3 is 10.0 Å². The van der Waals surface area contributed by atoms with E-state index >= 15 is 0 Å². The minimum Gasteiger partial charge on any atom is -0.480 e. The van der Waals surface area contributed by atoms with Crippen LogP contribution in [-0.2, 0) is 11.2 Å². The van der Waals surface area contributed by atoms with Crippen LogP contribution in [0.25, 0.3) is 0 Å². The fourth-order valence-electron chi connectivity index (χ4n) is 2.31. The van der Waals surface area contributed by atoms with Gasteiger partial charge in [0.1, 0.15) is 6.04 Å². The van der Waals surface area contributed by atoms with E-state index in [0.717, 1.165) is 24.1 Å². The van der Waals surface area contributed by atoms with Crippen molar-refractivity contribution in [1.29, 1.82) is 0 Å². The average molecular weight is 313 g/mol. The maximum absolute atomic E-state index is 12.6. The summed E-state index contributed by atoms with van der Waals surface area (Å²) in [5.41, 5.74) is 0. The molecule has 2 unspecified atom stereocenters. The molecular formula is C14H19NO3S2. The molecule has 1 aromatic heterocycles. The predicted octanol–water partition coefficient (Wildman–Crippen LogP) is 3.08. The van der Waals surface area contributed by atoms with Gasteiger partial charge >= 0.3 is 5.97 Å². The van der Waals surface area contributed by atoms with Gasteiger partial charge in [0.2, 0.25) is 0 Å². The molecule has 2 atom stereocenters. The third-order valence-corrected chi connectivity index (χ3v) is 5.94. The summed E-state index contributed by atoms with van der Waals surface area (Å²) < 4.78 is 0. The highest BCUT2D eigenvalue weighted by Gasteiger charge is 2.41. The lowest BCUT2D eigenvalue weighted by atomic mass is 10.2. The lowest BCUT2D eigenvalue weighted by Crippen LogP contribution is -2.45. The van der Waals surface area contributed by atoms with E-state index < -0.39 is 12.0 Å². The smallest absolute Gasteiger partial charge is 0.327 e. The third-order valence-electron chi connectivity index (χ3n) is 3.37. The Hall–Kier alpha value is -1.01. The number of hydrogen-bond donors (Lipinski definition) is 1. The molecule has 110 valence electrons. The number of carboxylic acid groups (broad SMARTS) is 1. The molecule has 0 saturated carbocycles. The molecule has 6 heteroatoms. The Bertz CT molecular complexity index is 500. The minimum absolute atomic E-state index is 0.0132. The van der Waals surface area contributed by atoms with Crippen LogP contribution in [0.1, 0.15) is 41.2 Å². The van der Waals surface area contributed by atoms with Crippen molar-refractivity contribution < 1.29 is 14.7 Å². The second-order valence-corrected chi connectivity index (χ2v) is 7.14. The molecule has 1 saturated heterocycles. The zero-order valence-corrected chi connectivity index (χ0v) is 13.3. The van der Waals surface area contributed by atoms with E-state index in [9.17, 15) is 14.7 Å². The van der Waals surface area contributed by atoms with Gasteiger partial charge in [0, 0.05) is 10.6 Å². The summed E-state index contributed by atoms with van der Waals surface area (Å²) in [5, 5.41) is 9.30. The molecule has 0 radical (unpaired) electrons. The largest absolute Gasteiger partial charge is 0.480 e. The highest BCUT2D eigenvalue weighted by molar-refractivity contribution is 8.00. The monoisotopic (exact) mass is 313 g/mol. The topological polar surface area (TPSA) is 57.6 Å². The first-order valence-corrected chi connectivity index (χ1v) is 8.70. The van der Waals surface area contributed by atoms with E-state index in [1.807, 2.05) is 19.1 Å². The van der Waals surface area contributed by atoms with Crippen molar-refractivity contribution in [2.45, 2.75) is 44.5 Å². The predicted molar refractivity (Wildman–Crippen MR) is 82.4 cm³/mol. The summed E-state index contributed by atoms with van der Waals surface area (Å²) in [6.07, 6.45) is 2.68. The number of carboxylic acids is 1. The molecule has 1 amide bonds. The van der Waals surface area contributed by atoms with E-state index in [0.29, 0.717) is 10.6 Å². The average Bonchev–Trinajstić information content (AvgIpc) is 3.04. The molecule has 0 spiro atoms. The van der Waals surface area contributed by atoms with E-state index in [-0.39, 0.29) is 11.3 Å². The fourth-order valence-corrected chi connectivity index (χ4v) is 4.71. The first-order chi connectivity index (χ1) is 9.58. The molecule has 1 aliphatic heterocycles. The number of thiophene rings is 1. The van der Waals surface area contributed by atoms with Gasteiger partial charge in [-0.1, -0.05) is 20.3 Å². The van der Waals surface area contributed by atoms with Gasteiger partial charge in [-0.05, 0) is 25.0 Å². The quantitative estimate of drug-likeness (QED) is 0.907. The van der Waals surface area contributed by atoms with E-state index in [4.69, 9.17) is 0 Å². The van der Waals surface area contributed by atoms with Crippen LogP contribution in [0.3, 0.4) is 0 Å². The van der Waals surface area contributed by atoms with Crippen molar-refractivity contribution >= 4 is 35.0 Å². The van der Waals surface area contributed by atoms with Gasteiger partial charge in [0.25, 0.3) is 5.91 Å². The van der Waals surface area contributed by atoms with Crippen molar-refractivity contribution in [1.82, 2.24) is 4.90 Å². The molecule has 1 aliphatic rings. The van der Waals surface area contributed by atoms with Crippen LogP contribution in [0.15, 0.2) is 12.1 Å². The number of carbonyl (C=O) groups is 2. The summed E-state index contributed by atoms with van der Waals surface area (Å²) >= 11 is 3.04. The molecule has 2 rings (SSSR count). The molecule has 2 heterocycles. The Morgan fingerprint density at radius 3 is 2.70 bits per heavy atom. The maximum atomic E-state index is 12.6. The molecular weight excluding hydrogens is 294 g/mol. The van der Waals surface area contributed by atoms with Crippen molar-refractivity contribution in [2.75, 3.05) is 5.75 Å². The first-order valence-electron chi connectivity index (χ1n) is 6.84. The van der Waals surface area contributed by atoms with Gasteiger partial charge in [-0.2, -0.15) is 0 Å². The number of thioether (sulfide) groups is 1. The molecule has 0 aliphatic carbocycles. The highest BCUT2D eigenvalue weighted by atomic mass is 32.2. The summed E-state index contributed by atoms with van der Waals surface area (Å²) in [7, 11) is 0. The molecule has 1 aromatic rings. The van der Waals surface area contributed by atoms with Crippen LogP contribution in [0.4, 0.5) is 0 Å². The third kappa shape index (κ3) is 3.01. The number of aryl methyl sites for hydroxylation is 1. The van der Waals surface area contributed by atoms with Gasteiger partial charge in [-0.3, -0.25) is 4.79 Å². The minimum atomic E-state index is -0.906. The Morgan fingerprint density at radius 2 is 2.15 bits per heavy atom. The Balaban J connectivity index is 2.24. The molecule has 4 nitrogen and oxygen atoms in total. The number of amides is 1. The van der Waals surface area contributed by atoms with Crippen LogP contribution in [-0.4, -0.2) is 39.1 Å². The van der Waals surface area contributed by atoms with Gasteiger partial charge in [-0.15, -0.1) is 23.1 Å². The summed E-state index contributed by atoms with van der Waals surface area (Å²) in [4.78, 5) is 27.4. The fraction of sp³-hybridized carbons (Fsp3) is 0.571. The molecule has 1 N–H and O–H groups in total. The standard InChI is InChI=1S/C14H19NO3S2/c1-3-5-12-15(10(8-19-12)14(17)18)13(16)11-7-6-9(4-2)20-11/h6-7,10,12H,3-5,8H2,1-2H3,(H,17,18). The second kappa shape index (κ2) is 6.63. The summed E-state index contributed by atoms with van der Waals surface area (Å²) in [5.74, 6) is -0.556. The van der Waals surface area contributed by atoms with Gasteiger partial charge in [-0.25, -0.2) is 4.79 Å². The SMILES string of the molecule is CCCC1SCC(C(=O)O)N1C(=O)c1ccc(CC)s1. The lowest BCUT2D eigenvalue weighted by Gasteiger charge is -2.26. The van der Waals surface area contributed by atoms with E-state index in [1.165, 1.54) is 11.3 Å². The number of nitrogens with zero attached hydrogens (tertiary/aromatic N) is 1.